The van der Waals surface area contributed by atoms with Crippen LogP contribution in [0.15, 0.2) is 53.5 Å². The minimum atomic E-state index is 0. The quantitative estimate of drug-likeness (QED) is 0.262. The lowest BCUT2D eigenvalue weighted by atomic mass is 10.1. The van der Waals surface area contributed by atoms with E-state index in [0.29, 0.717) is 12.4 Å². The van der Waals surface area contributed by atoms with Gasteiger partial charge in [-0.2, -0.15) is 0 Å². The van der Waals surface area contributed by atoms with Gasteiger partial charge in [0.1, 0.15) is 0 Å². The molecule has 2 N–H and O–H groups in total. The topological polar surface area (TPSA) is 54.9 Å². The highest BCUT2D eigenvalue weighted by Crippen LogP contribution is 2.30. The summed E-state index contributed by atoms with van der Waals surface area (Å²) >= 11 is 0. The van der Waals surface area contributed by atoms with Gasteiger partial charge in [0.2, 0.25) is 0 Å². The summed E-state index contributed by atoms with van der Waals surface area (Å²) in [5, 5.41) is 6.61. The maximum Gasteiger partial charge on any atom is 0.195 e. The first-order valence-corrected chi connectivity index (χ1v) is 8.59. The van der Waals surface area contributed by atoms with Crippen LogP contribution in [0.25, 0.3) is 0 Å². The molecule has 0 fully saturated rings. The van der Waals surface area contributed by atoms with Crippen LogP contribution in [0, 0.1) is 0 Å². The zero-order valence-corrected chi connectivity index (χ0v) is 17.9. The maximum atomic E-state index is 5.54. The van der Waals surface area contributed by atoms with E-state index in [1.165, 1.54) is 5.56 Å². The monoisotopic (exact) mass is 469 g/mol. The Morgan fingerprint density at radius 1 is 1.08 bits per heavy atom. The number of hydrogen-bond donors (Lipinski definition) is 2. The van der Waals surface area contributed by atoms with Crippen molar-refractivity contribution in [3.8, 4) is 11.5 Å². The van der Waals surface area contributed by atoms with Crippen LogP contribution >= 0.6 is 24.0 Å². The average molecular weight is 469 g/mol. The maximum absolute atomic E-state index is 5.54. The molecule has 2 aromatic rings. The highest BCUT2D eigenvalue weighted by atomic mass is 127. The number of rotatable bonds is 8. The Morgan fingerprint density at radius 3 is 2.50 bits per heavy atom. The summed E-state index contributed by atoms with van der Waals surface area (Å²) in [5.74, 6) is 2.17. The summed E-state index contributed by atoms with van der Waals surface area (Å²) in [6.07, 6.45) is 2.08. The first-order chi connectivity index (χ1) is 12.3. The van der Waals surface area contributed by atoms with Crippen LogP contribution in [0.1, 0.15) is 18.9 Å². The minimum absolute atomic E-state index is 0. The Morgan fingerprint density at radius 2 is 1.85 bits per heavy atom. The van der Waals surface area contributed by atoms with Crippen molar-refractivity contribution in [2.75, 3.05) is 32.6 Å². The third-order valence-electron chi connectivity index (χ3n) is 3.73. The van der Waals surface area contributed by atoms with Gasteiger partial charge in [-0.15, -0.1) is 24.0 Å². The number of guanidine groups is 1. The molecule has 26 heavy (non-hydrogen) atoms. The zero-order chi connectivity index (χ0) is 17.9. The Bertz CT molecular complexity index is 678. The Balaban J connectivity index is 0.00000338. The van der Waals surface area contributed by atoms with Crippen LogP contribution in [-0.4, -0.2) is 33.3 Å². The highest BCUT2D eigenvalue weighted by Gasteiger charge is 2.06. The van der Waals surface area contributed by atoms with Gasteiger partial charge in [-0.05, 0) is 37.5 Å². The molecule has 0 amide bonds. The molecule has 0 spiro atoms. The van der Waals surface area contributed by atoms with E-state index in [9.17, 15) is 0 Å². The molecular formula is C20H28IN3O2. The number of nitrogens with one attached hydrogen (secondary N) is 2. The SMILES string of the molecule is CCOc1ccc(NC(=NC)NCCCc2ccccc2)cc1OC.I. The standard InChI is InChI=1S/C20H27N3O2.HI/c1-4-25-18-13-12-17(15-19(18)24-3)23-20(21-2)22-14-8-11-16-9-6-5-7-10-16;/h5-7,9-10,12-13,15H,4,8,11,14H2,1-3H3,(H2,21,22,23);1H. The lowest BCUT2D eigenvalue weighted by Crippen LogP contribution is -2.31. The van der Waals surface area contributed by atoms with E-state index in [1.54, 1.807) is 14.2 Å². The van der Waals surface area contributed by atoms with Crippen molar-refractivity contribution in [1.29, 1.82) is 0 Å². The zero-order valence-electron chi connectivity index (χ0n) is 15.6. The molecule has 0 atom stereocenters. The van der Waals surface area contributed by atoms with Gasteiger partial charge in [-0.1, -0.05) is 30.3 Å². The smallest absolute Gasteiger partial charge is 0.195 e. The van der Waals surface area contributed by atoms with Gasteiger partial charge in [0.25, 0.3) is 0 Å². The van der Waals surface area contributed by atoms with Crippen molar-refractivity contribution in [1.82, 2.24) is 5.32 Å². The number of hydrogen-bond acceptors (Lipinski definition) is 3. The van der Waals surface area contributed by atoms with Crippen LogP contribution in [-0.2, 0) is 6.42 Å². The average Bonchev–Trinajstić information content (AvgIpc) is 2.66. The second kappa shape index (κ2) is 12.4. The molecule has 0 unspecified atom stereocenters. The molecular weight excluding hydrogens is 441 g/mol. The first kappa shape index (κ1) is 22.1. The fraction of sp³-hybridized carbons (Fsp3) is 0.350. The van der Waals surface area contributed by atoms with Gasteiger partial charge >= 0.3 is 0 Å². The molecule has 0 saturated carbocycles. The fourth-order valence-corrected chi connectivity index (χ4v) is 2.48. The molecule has 0 radical (unpaired) electrons. The van der Waals surface area contributed by atoms with Crippen LogP contribution in [0.4, 0.5) is 5.69 Å². The molecule has 6 heteroatoms. The largest absolute Gasteiger partial charge is 0.493 e. The third-order valence-corrected chi connectivity index (χ3v) is 3.73. The number of aliphatic imine (C=N–C) groups is 1. The van der Waals surface area contributed by atoms with Crippen molar-refractivity contribution in [2.24, 2.45) is 4.99 Å². The van der Waals surface area contributed by atoms with E-state index in [1.807, 2.05) is 31.2 Å². The Hall–Kier alpha value is -1.96. The number of anilines is 1. The number of halogens is 1. The van der Waals surface area contributed by atoms with Crippen LogP contribution in [0.2, 0.25) is 0 Å². The molecule has 0 aliphatic carbocycles. The summed E-state index contributed by atoms with van der Waals surface area (Å²) in [6.45, 7) is 3.41. The van der Waals surface area contributed by atoms with Gasteiger partial charge in [0.05, 0.1) is 13.7 Å². The van der Waals surface area contributed by atoms with E-state index in [-0.39, 0.29) is 24.0 Å². The molecule has 0 bridgehead atoms. The molecule has 2 aromatic carbocycles. The van der Waals surface area contributed by atoms with Crippen LogP contribution in [0.3, 0.4) is 0 Å². The predicted molar refractivity (Wildman–Crippen MR) is 119 cm³/mol. The summed E-state index contributed by atoms with van der Waals surface area (Å²) in [4.78, 5) is 4.26. The van der Waals surface area contributed by atoms with Crippen LogP contribution < -0.4 is 20.1 Å². The van der Waals surface area contributed by atoms with E-state index in [0.717, 1.165) is 36.8 Å². The molecule has 0 saturated heterocycles. The summed E-state index contributed by atoms with van der Waals surface area (Å²) in [7, 11) is 3.40. The Labute approximate surface area is 173 Å². The van der Waals surface area contributed by atoms with E-state index in [2.05, 4.69) is 39.9 Å². The predicted octanol–water partition coefficient (Wildman–Crippen LogP) is 4.33. The highest BCUT2D eigenvalue weighted by molar-refractivity contribution is 14.0. The van der Waals surface area contributed by atoms with Crippen molar-refractivity contribution in [3.63, 3.8) is 0 Å². The van der Waals surface area contributed by atoms with Crippen LogP contribution in [0.5, 0.6) is 11.5 Å². The molecule has 2 rings (SSSR count). The molecule has 0 aromatic heterocycles. The van der Waals surface area contributed by atoms with Gasteiger partial charge in [-0.3, -0.25) is 4.99 Å². The van der Waals surface area contributed by atoms with E-state index >= 15 is 0 Å². The molecule has 0 aliphatic rings. The number of benzene rings is 2. The fourth-order valence-electron chi connectivity index (χ4n) is 2.48. The van der Waals surface area contributed by atoms with Crippen molar-refractivity contribution >= 4 is 35.6 Å². The summed E-state index contributed by atoms with van der Waals surface area (Å²) < 4.78 is 10.9. The molecule has 0 heterocycles. The normalized spacial score (nSPS) is 10.7. The number of aryl methyl sites for hydroxylation is 1. The van der Waals surface area contributed by atoms with E-state index in [4.69, 9.17) is 9.47 Å². The van der Waals surface area contributed by atoms with E-state index < -0.39 is 0 Å². The second-order valence-electron chi connectivity index (χ2n) is 5.51. The van der Waals surface area contributed by atoms with Gasteiger partial charge < -0.3 is 20.1 Å². The lowest BCUT2D eigenvalue weighted by Gasteiger charge is -2.14. The van der Waals surface area contributed by atoms with Crippen molar-refractivity contribution < 1.29 is 9.47 Å². The summed E-state index contributed by atoms with van der Waals surface area (Å²) in [5.41, 5.74) is 2.25. The molecule has 142 valence electrons. The molecule has 0 aliphatic heterocycles. The number of methoxy groups -OCH3 is 1. The number of nitrogens with zero attached hydrogens (tertiary/aromatic N) is 1. The van der Waals surface area contributed by atoms with Crippen molar-refractivity contribution in [3.05, 3.63) is 54.1 Å². The summed E-state index contributed by atoms with van der Waals surface area (Å²) in [6, 6.07) is 16.2. The lowest BCUT2D eigenvalue weighted by molar-refractivity contribution is 0.311. The van der Waals surface area contributed by atoms with Crippen molar-refractivity contribution in [2.45, 2.75) is 19.8 Å². The van der Waals surface area contributed by atoms with Gasteiger partial charge in [-0.25, -0.2) is 0 Å². The third kappa shape index (κ3) is 7.11. The van der Waals surface area contributed by atoms with Gasteiger partial charge in [0, 0.05) is 25.3 Å². The number of ether oxygens (including phenoxy) is 2. The second-order valence-corrected chi connectivity index (χ2v) is 5.51. The van der Waals surface area contributed by atoms with Gasteiger partial charge in [0.15, 0.2) is 17.5 Å². The Kier molecular flexibility index (Phi) is 10.5. The minimum Gasteiger partial charge on any atom is -0.493 e. The first-order valence-electron chi connectivity index (χ1n) is 8.59. The molecule has 5 nitrogen and oxygen atoms in total.